The zero-order valence-electron chi connectivity index (χ0n) is 14.3. The standard InChI is InChI=1S/C18H22BNO5S/c21-17(8-12-6-7-26-11-12)20-16-9-14(13-4-2-1-3-5-13)15(10-18(22)23)25-19(16)24/h1-7,12,14-16,24H,8-11H2,(H,20,21)(H,22,23)/t12?,14?,15-,16+/m1/s1. The first-order valence-corrected chi connectivity index (χ1v) is 9.75. The van der Waals surface area contributed by atoms with Gasteiger partial charge >= 0.3 is 13.1 Å². The Hall–Kier alpha value is -1.77. The molecule has 2 heterocycles. The van der Waals surface area contributed by atoms with E-state index in [1.165, 1.54) is 0 Å². The molecule has 0 aliphatic carbocycles. The molecule has 1 fully saturated rings. The van der Waals surface area contributed by atoms with Crippen LogP contribution in [0.5, 0.6) is 0 Å². The number of carbonyl (C=O) groups excluding carboxylic acids is 1. The molecule has 1 amide bonds. The number of carbonyl (C=O) groups is 2. The summed E-state index contributed by atoms with van der Waals surface area (Å²) in [6.07, 6.45) is 2.01. The summed E-state index contributed by atoms with van der Waals surface area (Å²) >= 11 is 1.68. The van der Waals surface area contributed by atoms with Crippen molar-refractivity contribution in [2.24, 2.45) is 5.92 Å². The summed E-state index contributed by atoms with van der Waals surface area (Å²) in [5.41, 5.74) is 0.944. The summed E-state index contributed by atoms with van der Waals surface area (Å²) in [6, 6.07) is 9.49. The van der Waals surface area contributed by atoms with Crippen molar-refractivity contribution in [1.82, 2.24) is 5.32 Å². The summed E-state index contributed by atoms with van der Waals surface area (Å²) in [5.74, 6) is -0.760. The lowest BCUT2D eigenvalue weighted by atomic mass is 9.67. The van der Waals surface area contributed by atoms with Gasteiger partial charge in [0.25, 0.3) is 0 Å². The summed E-state index contributed by atoms with van der Waals surface area (Å²) in [5, 5.41) is 24.3. The van der Waals surface area contributed by atoms with Crippen LogP contribution in [0.1, 0.15) is 30.7 Å². The largest absolute Gasteiger partial charge is 0.481 e. The maximum atomic E-state index is 12.3. The van der Waals surface area contributed by atoms with Crippen LogP contribution in [0.4, 0.5) is 0 Å². The van der Waals surface area contributed by atoms with Crippen LogP contribution in [0.2, 0.25) is 0 Å². The minimum atomic E-state index is -1.21. The molecule has 3 rings (SSSR count). The van der Waals surface area contributed by atoms with Gasteiger partial charge in [-0.05, 0) is 23.3 Å². The third-order valence-corrected chi connectivity index (χ3v) is 5.74. The first-order chi connectivity index (χ1) is 12.5. The van der Waals surface area contributed by atoms with E-state index in [0.717, 1.165) is 11.3 Å². The van der Waals surface area contributed by atoms with E-state index >= 15 is 0 Å². The van der Waals surface area contributed by atoms with Gasteiger partial charge in [-0.3, -0.25) is 9.59 Å². The van der Waals surface area contributed by atoms with E-state index in [0.29, 0.717) is 12.8 Å². The fourth-order valence-corrected chi connectivity index (χ4v) is 4.41. The summed E-state index contributed by atoms with van der Waals surface area (Å²) in [6.45, 7) is 0. The van der Waals surface area contributed by atoms with E-state index in [2.05, 4.69) is 5.32 Å². The van der Waals surface area contributed by atoms with E-state index in [9.17, 15) is 14.6 Å². The Kier molecular flexibility index (Phi) is 6.40. The van der Waals surface area contributed by atoms with Crippen LogP contribution in [0.25, 0.3) is 0 Å². The molecule has 8 heteroatoms. The second-order valence-electron chi connectivity index (χ2n) is 6.72. The van der Waals surface area contributed by atoms with Crippen molar-refractivity contribution in [2.75, 3.05) is 5.75 Å². The third-order valence-electron chi connectivity index (χ3n) is 4.77. The Balaban J connectivity index is 1.68. The molecule has 138 valence electrons. The predicted octanol–water partition coefficient (Wildman–Crippen LogP) is 1.81. The minimum Gasteiger partial charge on any atom is -0.481 e. The molecule has 0 saturated carbocycles. The number of aliphatic carboxylic acids is 1. The Morgan fingerprint density at radius 3 is 2.69 bits per heavy atom. The van der Waals surface area contributed by atoms with Gasteiger partial charge in [0.05, 0.1) is 18.5 Å². The van der Waals surface area contributed by atoms with E-state index in [1.807, 2.05) is 41.8 Å². The monoisotopic (exact) mass is 375 g/mol. The maximum Gasteiger partial charge on any atom is 0.478 e. The Morgan fingerprint density at radius 1 is 1.27 bits per heavy atom. The normalized spacial score (nSPS) is 28.1. The van der Waals surface area contributed by atoms with Crippen molar-refractivity contribution in [3.05, 3.63) is 47.4 Å². The van der Waals surface area contributed by atoms with E-state index < -0.39 is 25.1 Å². The van der Waals surface area contributed by atoms with Crippen LogP contribution in [-0.4, -0.2) is 46.9 Å². The number of allylic oxidation sites excluding steroid dienone is 1. The first-order valence-electron chi connectivity index (χ1n) is 8.71. The number of rotatable bonds is 6. The Bertz CT molecular complexity index is 671. The van der Waals surface area contributed by atoms with E-state index in [1.54, 1.807) is 11.8 Å². The number of hydrogen-bond acceptors (Lipinski definition) is 5. The fraction of sp³-hybridized carbons (Fsp3) is 0.444. The molecule has 1 aromatic carbocycles. The van der Waals surface area contributed by atoms with Gasteiger partial charge in [-0.15, -0.1) is 11.8 Å². The van der Waals surface area contributed by atoms with Crippen LogP contribution < -0.4 is 5.32 Å². The molecule has 2 aliphatic rings. The molecular formula is C18H22BNO5S. The number of carboxylic acid groups (broad SMARTS) is 1. The van der Waals surface area contributed by atoms with Crippen molar-refractivity contribution in [1.29, 1.82) is 0 Å². The van der Waals surface area contributed by atoms with Crippen LogP contribution in [-0.2, 0) is 14.2 Å². The number of thioether (sulfide) groups is 1. The predicted molar refractivity (Wildman–Crippen MR) is 101 cm³/mol. The SMILES string of the molecule is O=C(O)C[C@H]1OB(O)[C@@H](NC(=O)CC2C=CSC2)CC1c1ccccc1. The fourth-order valence-electron chi connectivity index (χ4n) is 3.49. The van der Waals surface area contributed by atoms with Crippen LogP contribution >= 0.6 is 11.8 Å². The lowest BCUT2D eigenvalue weighted by Crippen LogP contribution is -2.55. The lowest BCUT2D eigenvalue weighted by molar-refractivity contribution is -0.139. The van der Waals surface area contributed by atoms with Crippen molar-refractivity contribution in [3.8, 4) is 0 Å². The molecule has 0 radical (unpaired) electrons. The highest BCUT2D eigenvalue weighted by Gasteiger charge is 2.43. The minimum absolute atomic E-state index is 0.127. The average Bonchev–Trinajstić information content (AvgIpc) is 3.10. The molecule has 1 saturated heterocycles. The second kappa shape index (κ2) is 8.75. The highest BCUT2D eigenvalue weighted by atomic mass is 32.2. The van der Waals surface area contributed by atoms with Gasteiger partial charge < -0.3 is 20.1 Å². The molecular weight excluding hydrogens is 353 g/mol. The molecule has 6 nitrogen and oxygen atoms in total. The average molecular weight is 375 g/mol. The zero-order chi connectivity index (χ0) is 18.5. The van der Waals surface area contributed by atoms with E-state index in [4.69, 9.17) is 9.76 Å². The first kappa shape index (κ1) is 19.0. The zero-order valence-corrected chi connectivity index (χ0v) is 15.1. The van der Waals surface area contributed by atoms with E-state index in [-0.39, 0.29) is 24.2 Å². The smallest absolute Gasteiger partial charge is 0.478 e. The number of amides is 1. The van der Waals surface area contributed by atoms with Gasteiger partial charge in [0.2, 0.25) is 5.91 Å². The second-order valence-corrected chi connectivity index (χ2v) is 7.65. The number of benzene rings is 1. The van der Waals surface area contributed by atoms with Crippen molar-refractivity contribution in [2.45, 2.75) is 37.2 Å². The summed E-state index contributed by atoms with van der Waals surface area (Å²) in [7, 11) is -1.21. The molecule has 0 spiro atoms. The van der Waals surface area contributed by atoms with Gasteiger partial charge in [-0.2, -0.15) is 0 Å². The lowest BCUT2D eigenvalue weighted by Gasteiger charge is -2.38. The summed E-state index contributed by atoms with van der Waals surface area (Å²) < 4.78 is 5.59. The molecule has 0 aromatic heterocycles. The van der Waals surface area contributed by atoms with Crippen LogP contribution in [0, 0.1) is 5.92 Å². The third kappa shape index (κ3) is 4.90. The highest BCUT2D eigenvalue weighted by Crippen LogP contribution is 2.34. The molecule has 1 aromatic rings. The van der Waals surface area contributed by atoms with Crippen molar-refractivity contribution >= 4 is 30.8 Å². The van der Waals surface area contributed by atoms with Gasteiger partial charge in [-0.25, -0.2) is 0 Å². The van der Waals surface area contributed by atoms with Gasteiger partial charge in [-0.1, -0.05) is 36.4 Å². The van der Waals surface area contributed by atoms with Crippen LogP contribution in [0.15, 0.2) is 41.8 Å². The number of hydrogen-bond donors (Lipinski definition) is 3. The van der Waals surface area contributed by atoms with Gasteiger partial charge in [0, 0.05) is 18.1 Å². The molecule has 26 heavy (non-hydrogen) atoms. The quantitative estimate of drug-likeness (QED) is 0.657. The van der Waals surface area contributed by atoms with Crippen LogP contribution in [0.3, 0.4) is 0 Å². The molecule has 4 atom stereocenters. The topological polar surface area (TPSA) is 95.9 Å². The Morgan fingerprint density at radius 2 is 2.04 bits per heavy atom. The Labute approximate surface area is 157 Å². The molecule has 0 bridgehead atoms. The molecule has 2 aliphatic heterocycles. The number of nitrogens with one attached hydrogen (secondary N) is 1. The van der Waals surface area contributed by atoms with Crippen molar-refractivity contribution in [3.63, 3.8) is 0 Å². The molecule has 2 unspecified atom stereocenters. The van der Waals surface area contributed by atoms with Gasteiger partial charge in [0.15, 0.2) is 0 Å². The summed E-state index contributed by atoms with van der Waals surface area (Å²) in [4.78, 5) is 23.5. The maximum absolute atomic E-state index is 12.3. The van der Waals surface area contributed by atoms with Gasteiger partial charge in [0.1, 0.15) is 0 Å². The van der Waals surface area contributed by atoms with Crippen molar-refractivity contribution < 1.29 is 24.4 Å². The molecule has 3 N–H and O–H groups in total. The number of carboxylic acids is 1. The highest BCUT2D eigenvalue weighted by molar-refractivity contribution is 8.02.